The Labute approximate surface area is 139 Å². The molecule has 1 heterocycles. The van der Waals surface area contributed by atoms with E-state index in [9.17, 15) is 4.79 Å². The van der Waals surface area contributed by atoms with Gasteiger partial charge in [0.2, 0.25) is 0 Å². The normalized spacial score (nSPS) is 11.2. The molecule has 0 bridgehead atoms. The molecule has 122 valence electrons. The van der Waals surface area contributed by atoms with Gasteiger partial charge in [0.25, 0.3) is 0 Å². The summed E-state index contributed by atoms with van der Waals surface area (Å²) in [5.41, 5.74) is 4.61. The van der Waals surface area contributed by atoms with Crippen molar-refractivity contribution < 1.29 is 14.7 Å². The largest absolute Gasteiger partial charge is 0.465 e. The summed E-state index contributed by atoms with van der Waals surface area (Å²) in [6.07, 6.45) is 2.15. The Kier molecular flexibility index (Phi) is 5.90. The van der Waals surface area contributed by atoms with Gasteiger partial charge in [-0.05, 0) is 29.5 Å². The Morgan fingerprint density at radius 3 is 2.65 bits per heavy atom. The van der Waals surface area contributed by atoms with Crippen LogP contribution >= 0.6 is 11.3 Å². The van der Waals surface area contributed by atoms with Crippen molar-refractivity contribution in [2.45, 2.75) is 20.3 Å². The van der Waals surface area contributed by atoms with E-state index in [1.165, 1.54) is 24.0 Å². The molecule has 0 aliphatic rings. The number of ether oxygens (including phenoxy) is 1. The van der Waals surface area contributed by atoms with Gasteiger partial charge in [-0.2, -0.15) is 0 Å². The summed E-state index contributed by atoms with van der Waals surface area (Å²) >= 11 is 1.32. The number of nitrogens with one attached hydrogen (secondary N) is 1. The standard InChI is InChI=1S/C17H20N2O3S/c1-11(2)8-12-4-6-13(7-5-12)15-9-14(18-10-19-21)16(23-15)17(20)22-3/h4-7,9-11,21H,8H2,1-3H3,(H,18,19). The van der Waals surface area contributed by atoms with E-state index < -0.39 is 5.97 Å². The fraction of sp³-hybridized carbons (Fsp3) is 0.294. The number of hydrogen-bond donors (Lipinski definition) is 2. The van der Waals surface area contributed by atoms with Gasteiger partial charge in [0.15, 0.2) is 0 Å². The predicted octanol–water partition coefficient (Wildman–Crippen LogP) is 4.04. The van der Waals surface area contributed by atoms with E-state index in [1.807, 2.05) is 23.7 Å². The molecule has 1 aromatic heterocycles. The summed E-state index contributed by atoms with van der Waals surface area (Å²) in [6.45, 7) is 4.38. The van der Waals surface area contributed by atoms with Gasteiger partial charge >= 0.3 is 5.97 Å². The maximum atomic E-state index is 11.8. The third-order valence-electron chi connectivity index (χ3n) is 3.23. The van der Waals surface area contributed by atoms with E-state index in [-0.39, 0.29) is 0 Å². The molecule has 2 aromatic rings. The average Bonchev–Trinajstić information content (AvgIpc) is 2.96. The first-order valence-corrected chi connectivity index (χ1v) is 8.10. The molecule has 0 aliphatic heterocycles. The zero-order valence-electron chi connectivity index (χ0n) is 13.4. The lowest BCUT2D eigenvalue weighted by molar-refractivity contribution is 0.0607. The van der Waals surface area contributed by atoms with E-state index in [4.69, 9.17) is 9.94 Å². The van der Waals surface area contributed by atoms with Gasteiger partial charge in [-0.3, -0.25) is 10.7 Å². The molecule has 2 N–H and O–H groups in total. The maximum Gasteiger partial charge on any atom is 0.350 e. The molecule has 1 aromatic carbocycles. The first-order chi connectivity index (χ1) is 11.0. The van der Waals surface area contributed by atoms with Crippen LogP contribution in [0.3, 0.4) is 0 Å². The number of nitrogens with zero attached hydrogens (tertiary/aromatic N) is 1. The first-order valence-electron chi connectivity index (χ1n) is 7.28. The number of rotatable bonds is 6. The Hall–Kier alpha value is -2.18. The second-order valence-corrected chi connectivity index (χ2v) is 6.55. The molecule has 0 radical (unpaired) electrons. The summed E-state index contributed by atoms with van der Waals surface area (Å²) in [5.74, 6) is 0.170. The van der Waals surface area contributed by atoms with Gasteiger partial charge < -0.3 is 4.74 Å². The van der Waals surface area contributed by atoms with Crippen LogP contribution < -0.4 is 5.48 Å². The van der Waals surface area contributed by atoms with E-state index in [2.05, 4.69) is 31.0 Å². The third-order valence-corrected chi connectivity index (χ3v) is 4.38. The molecule has 6 heteroatoms. The van der Waals surface area contributed by atoms with E-state index >= 15 is 0 Å². The molecule has 5 nitrogen and oxygen atoms in total. The molecule has 0 aliphatic carbocycles. The molecule has 23 heavy (non-hydrogen) atoms. The van der Waals surface area contributed by atoms with E-state index in [0.717, 1.165) is 23.2 Å². The fourth-order valence-corrected chi connectivity index (χ4v) is 3.26. The van der Waals surface area contributed by atoms with Crippen molar-refractivity contribution in [3.05, 3.63) is 40.8 Å². The zero-order valence-corrected chi connectivity index (χ0v) is 14.2. The van der Waals surface area contributed by atoms with Crippen LogP contribution in [0.5, 0.6) is 0 Å². The molecule has 2 rings (SSSR count). The first kappa shape index (κ1) is 17.2. The lowest BCUT2D eigenvalue weighted by Crippen LogP contribution is -2.02. The van der Waals surface area contributed by atoms with Crippen LogP contribution in [0.15, 0.2) is 35.3 Å². The summed E-state index contributed by atoms with van der Waals surface area (Å²) in [4.78, 5) is 17.2. The molecule has 0 unspecified atom stereocenters. The van der Waals surface area contributed by atoms with Crippen molar-refractivity contribution in [2.75, 3.05) is 7.11 Å². The summed E-state index contributed by atoms with van der Waals surface area (Å²) in [6, 6.07) is 10.1. The highest BCUT2D eigenvalue weighted by atomic mass is 32.1. The van der Waals surface area contributed by atoms with E-state index in [0.29, 0.717) is 16.5 Å². The molecule has 0 spiro atoms. The molecular weight excluding hydrogens is 312 g/mol. The van der Waals surface area contributed by atoms with Crippen molar-refractivity contribution in [3.63, 3.8) is 0 Å². The van der Waals surface area contributed by atoms with Crippen molar-refractivity contribution in [1.82, 2.24) is 5.48 Å². The molecule has 0 fully saturated rings. The van der Waals surface area contributed by atoms with Crippen LogP contribution in [0.25, 0.3) is 10.4 Å². The minimum atomic E-state index is -0.442. The molecule has 0 saturated heterocycles. The minimum Gasteiger partial charge on any atom is -0.465 e. The summed E-state index contributed by atoms with van der Waals surface area (Å²) < 4.78 is 4.78. The number of hydrogen-bond acceptors (Lipinski definition) is 5. The minimum absolute atomic E-state index is 0.403. The number of esters is 1. The number of benzene rings is 1. The SMILES string of the molecule is COC(=O)c1sc(-c2ccc(CC(C)C)cc2)cc1N=CNO. The van der Waals surface area contributed by atoms with Crippen LogP contribution in [0.2, 0.25) is 0 Å². The highest BCUT2D eigenvalue weighted by Crippen LogP contribution is 2.37. The smallest absolute Gasteiger partial charge is 0.350 e. The number of aliphatic imine (C=N–C) groups is 1. The summed E-state index contributed by atoms with van der Waals surface area (Å²) in [5, 5.41) is 8.63. The second-order valence-electron chi connectivity index (χ2n) is 5.50. The molecular formula is C17H20N2O3S. The van der Waals surface area contributed by atoms with Crippen LogP contribution in [0, 0.1) is 5.92 Å². The van der Waals surface area contributed by atoms with Gasteiger partial charge in [0.05, 0.1) is 12.8 Å². The lowest BCUT2D eigenvalue weighted by Gasteiger charge is -2.05. The van der Waals surface area contributed by atoms with Crippen LogP contribution in [0.4, 0.5) is 5.69 Å². The van der Waals surface area contributed by atoms with Crippen LogP contribution in [-0.4, -0.2) is 24.6 Å². The van der Waals surface area contributed by atoms with Crippen molar-refractivity contribution in [1.29, 1.82) is 0 Å². The Morgan fingerprint density at radius 2 is 2.09 bits per heavy atom. The van der Waals surface area contributed by atoms with Gasteiger partial charge in [-0.1, -0.05) is 38.1 Å². The maximum absolute atomic E-state index is 11.8. The van der Waals surface area contributed by atoms with Crippen molar-refractivity contribution in [2.24, 2.45) is 10.9 Å². The Morgan fingerprint density at radius 1 is 1.39 bits per heavy atom. The number of carbonyl (C=O) groups excluding carboxylic acids is 1. The topological polar surface area (TPSA) is 70.9 Å². The number of hydroxylamine groups is 1. The molecule has 0 atom stereocenters. The van der Waals surface area contributed by atoms with Crippen LogP contribution in [-0.2, 0) is 11.2 Å². The van der Waals surface area contributed by atoms with Gasteiger partial charge in [-0.15, -0.1) is 11.3 Å². The molecule has 0 saturated carbocycles. The van der Waals surface area contributed by atoms with Gasteiger partial charge in [0, 0.05) is 4.88 Å². The van der Waals surface area contributed by atoms with Crippen molar-refractivity contribution in [3.8, 4) is 10.4 Å². The van der Waals surface area contributed by atoms with Gasteiger partial charge in [0.1, 0.15) is 11.2 Å². The lowest BCUT2D eigenvalue weighted by atomic mass is 10.0. The quantitative estimate of drug-likeness (QED) is 0.362. The fourth-order valence-electron chi connectivity index (χ4n) is 2.23. The molecule has 0 amide bonds. The number of methoxy groups -OCH3 is 1. The zero-order chi connectivity index (χ0) is 16.8. The number of thiophene rings is 1. The highest BCUT2D eigenvalue weighted by molar-refractivity contribution is 7.18. The monoisotopic (exact) mass is 332 g/mol. The predicted molar refractivity (Wildman–Crippen MR) is 92.7 cm³/mol. The third kappa shape index (κ3) is 4.40. The second kappa shape index (κ2) is 7.89. The number of carbonyl (C=O) groups is 1. The van der Waals surface area contributed by atoms with Gasteiger partial charge in [-0.25, -0.2) is 9.79 Å². The average molecular weight is 332 g/mol. The highest BCUT2D eigenvalue weighted by Gasteiger charge is 2.17. The van der Waals surface area contributed by atoms with Crippen LogP contribution in [0.1, 0.15) is 29.1 Å². The van der Waals surface area contributed by atoms with E-state index in [1.54, 1.807) is 0 Å². The Bertz CT molecular complexity index is 690. The summed E-state index contributed by atoms with van der Waals surface area (Å²) in [7, 11) is 1.33. The Balaban J connectivity index is 2.33. The van der Waals surface area contributed by atoms with Crippen molar-refractivity contribution >= 4 is 29.3 Å².